The number of tetrazole rings is 1. The Bertz CT molecular complexity index is 1320. The monoisotopic (exact) mass is 503 g/mol. The third-order valence-electron chi connectivity index (χ3n) is 8.25. The first-order chi connectivity index (χ1) is 17.9. The average Bonchev–Trinajstić information content (AvgIpc) is 3.64. The number of likely N-dealkylation sites (tertiary alicyclic amines) is 1. The standard InChI is InChI=1S/C26H29N7O4/c1-16-19(4-5-20-21(16)14-37-25(20)36)22(34)13-32-10-7-18(12-32)26(8-2-9-26)29-24(35)17-3-6-23(27-11-17)33-15-28-30-31-33/h3-6,11,15,18,22,34H,2,7-10,12-14H2,1H3,(H,29,35). The summed E-state index contributed by atoms with van der Waals surface area (Å²) >= 11 is 0. The van der Waals surface area contributed by atoms with E-state index in [9.17, 15) is 14.7 Å². The highest BCUT2D eigenvalue weighted by atomic mass is 16.5. The molecule has 11 nitrogen and oxygen atoms in total. The van der Waals surface area contributed by atoms with E-state index in [0.717, 1.165) is 55.5 Å². The molecule has 1 saturated heterocycles. The molecule has 4 heterocycles. The summed E-state index contributed by atoms with van der Waals surface area (Å²) in [5.74, 6) is 0.439. The molecule has 3 aromatic rings. The van der Waals surface area contributed by atoms with Gasteiger partial charge in [0.15, 0.2) is 5.82 Å². The molecule has 11 heteroatoms. The van der Waals surface area contributed by atoms with Crippen molar-refractivity contribution in [2.45, 2.75) is 50.9 Å². The van der Waals surface area contributed by atoms with Gasteiger partial charge in [-0.1, -0.05) is 6.07 Å². The van der Waals surface area contributed by atoms with Gasteiger partial charge >= 0.3 is 5.97 Å². The molecule has 3 aliphatic rings. The molecule has 37 heavy (non-hydrogen) atoms. The molecule has 2 aromatic heterocycles. The molecule has 1 aromatic carbocycles. The SMILES string of the molecule is Cc1c(C(O)CN2CCC(C3(NC(=O)c4ccc(-n5cnnn5)nc4)CCC3)C2)ccc2c1COC2=O. The number of carbonyl (C=O) groups is 2. The number of hydrogen-bond donors (Lipinski definition) is 2. The second-order valence-corrected chi connectivity index (χ2v) is 10.3. The number of carbonyl (C=O) groups excluding carboxylic acids is 2. The fourth-order valence-electron chi connectivity index (χ4n) is 5.93. The zero-order valence-electron chi connectivity index (χ0n) is 20.6. The van der Waals surface area contributed by atoms with Crippen LogP contribution >= 0.6 is 0 Å². The Labute approximate surface area is 213 Å². The van der Waals surface area contributed by atoms with Gasteiger partial charge in [0.25, 0.3) is 5.91 Å². The predicted molar refractivity (Wildman–Crippen MR) is 131 cm³/mol. The molecule has 192 valence electrons. The lowest BCUT2D eigenvalue weighted by Gasteiger charge is -2.47. The van der Waals surface area contributed by atoms with Crippen LogP contribution in [-0.4, -0.2) is 72.2 Å². The summed E-state index contributed by atoms with van der Waals surface area (Å²) in [5.41, 5.74) is 3.50. The first-order valence-electron chi connectivity index (χ1n) is 12.7. The Morgan fingerprint density at radius 3 is 2.86 bits per heavy atom. The predicted octanol–water partition coefficient (Wildman–Crippen LogP) is 1.74. The van der Waals surface area contributed by atoms with Gasteiger partial charge in [0.05, 0.1) is 17.2 Å². The molecule has 0 radical (unpaired) electrons. The van der Waals surface area contributed by atoms with Crippen molar-refractivity contribution in [2.75, 3.05) is 19.6 Å². The molecule has 1 amide bonds. The minimum Gasteiger partial charge on any atom is -0.457 e. The molecular formula is C26H29N7O4. The van der Waals surface area contributed by atoms with E-state index < -0.39 is 6.10 Å². The van der Waals surface area contributed by atoms with E-state index in [1.807, 2.05) is 13.0 Å². The van der Waals surface area contributed by atoms with Crippen molar-refractivity contribution in [3.63, 3.8) is 0 Å². The third kappa shape index (κ3) is 4.27. The van der Waals surface area contributed by atoms with E-state index in [1.165, 1.54) is 11.0 Å². The summed E-state index contributed by atoms with van der Waals surface area (Å²) in [4.78, 5) is 31.6. The van der Waals surface area contributed by atoms with Crippen LogP contribution in [0.1, 0.15) is 69.2 Å². The number of esters is 1. The molecule has 2 N–H and O–H groups in total. The van der Waals surface area contributed by atoms with Crippen molar-refractivity contribution in [3.8, 4) is 5.82 Å². The van der Waals surface area contributed by atoms with Crippen molar-refractivity contribution in [1.82, 2.24) is 35.4 Å². The van der Waals surface area contributed by atoms with Crippen LogP contribution in [0.25, 0.3) is 5.82 Å². The van der Waals surface area contributed by atoms with Gasteiger partial charge in [-0.05, 0) is 84.8 Å². The Morgan fingerprint density at radius 1 is 1.30 bits per heavy atom. The number of hydrogen-bond acceptors (Lipinski definition) is 9. The zero-order valence-corrected chi connectivity index (χ0v) is 20.6. The molecule has 2 fully saturated rings. The number of ether oxygens (including phenoxy) is 1. The summed E-state index contributed by atoms with van der Waals surface area (Å²) in [5, 5.41) is 25.4. The fourth-order valence-corrected chi connectivity index (χ4v) is 5.93. The number of cyclic esters (lactones) is 1. The Balaban J connectivity index is 1.09. The first-order valence-corrected chi connectivity index (χ1v) is 12.7. The maximum absolute atomic E-state index is 13.1. The van der Waals surface area contributed by atoms with E-state index in [-0.39, 0.29) is 24.0 Å². The average molecular weight is 504 g/mol. The van der Waals surface area contributed by atoms with Crippen LogP contribution in [0.4, 0.5) is 0 Å². The van der Waals surface area contributed by atoms with Crippen LogP contribution in [0.15, 0.2) is 36.8 Å². The van der Waals surface area contributed by atoms with Gasteiger partial charge in [-0.25, -0.2) is 9.78 Å². The maximum atomic E-state index is 13.1. The lowest BCUT2D eigenvalue weighted by atomic mass is 9.67. The van der Waals surface area contributed by atoms with E-state index in [4.69, 9.17) is 4.74 Å². The zero-order chi connectivity index (χ0) is 25.6. The number of amides is 1. The number of aliphatic hydroxyl groups is 1. The van der Waals surface area contributed by atoms with Gasteiger partial charge in [0, 0.05) is 30.4 Å². The van der Waals surface area contributed by atoms with Gasteiger partial charge in [0.2, 0.25) is 0 Å². The fraction of sp³-hybridized carbons (Fsp3) is 0.462. The highest BCUT2D eigenvalue weighted by Crippen LogP contribution is 2.43. The molecule has 2 atom stereocenters. The van der Waals surface area contributed by atoms with E-state index in [2.05, 4.69) is 30.7 Å². The van der Waals surface area contributed by atoms with Gasteiger partial charge in [-0.3, -0.25) is 4.79 Å². The van der Waals surface area contributed by atoms with Crippen molar-refractivity contribution in [2.24, 2.45) is 5.92 Å². The smallest absolute Gasteiger partial charge is 0.338 e. The minimum atomic E-state index is -0.656. The first kappa shape index (κ1) is 23.7. The summed E-state index contributed by atoms with van der Waals surface area (Å²) in [6, 6.07) is 7.05. The van der Waals surface area contributed by atoms with Gasteiger partial charge in [-0.2, -0.15) is 4.68 Å². The molecule has 2 unspecified atom stereocenters. The largest absolute Gasteiger partial charge is 0.457 e. The highest BCUT2D eigenvalue weighted by molar-refractivity contribution is 5.95. The number of β-amino-alcohol motifs (C(OH)–C–C–N with tert-alkyl or cyclic N) is 1. The number of fused-ring (bicyclic) bond motifs is 1. The summed E-state index contributed by atoms with van der Waals surface area (Å²) in [7, 11) is 0. The molecule has 1 saturated carbocycles. The molecule has 2 aliphatic heterocycles. The van der Waals surface area contributed by atoms with Crippen LogP contribution in [0, 0.1) is 12.8 Å². The van der Waals surface area contributed by atoms with E-state index in [0.29, 0.717) is 29.4 Å². The van der Waals surface area contributed by atoms with E-state index >= 15 is 0 Å². The number of pyridine rings is 1. The van der Waals surface area contributed by atoms with Crippen molar-refractivity contribution < 1.29 is 19.4 Å². The number of nitrogens with zero attached hydrogens (tertiary/aromatic N) is 6. The second-order valence-electron chi connectivity index (χ2n) is 10.3. The summed E-state index contributed by atoms with van der Waals surface area (Å²) in [6.45, 7) is 4.41. The van der Waals surface area contributed by atoms with Gasteiger partial charge < -0.3 is 20.1 Å². The normalized spacial score (nSPS) is 21.2. The number of rotatable bonds is 7. The van der Waals surface area contributed by atoms with Crippen molar-refractivity contribution in [3.05, 3.63) is 64.6 Å². The van der Waals surface area contributed by atoms with Crippen LogP contribution in [-0.2, 0) is 11.3 Å². The topological polar surface area (TPSA) is 135 Å². The van der Waals surface area contributed by atoms with Crippen LogP contribution in [0.5, 0.6) is 0 Å². The molecule has 0 spiro atoms. The Hall–Kier alpha value is -3.70. The quantitative estimate of drug-likeness (QED) is 0.462. The van der Waals surface area contributed by atoms with Crippen LogP contribution < -0.4 is 5.32 Å². The number of aliphatic hydroxyl groups excluding tert-OH is 1. The van der Waals surface area contributed by atoms with Crippen LogP contribution in [0.2, 0.25) is 0 Å². The van der Waals surface area contributed by atoms with Crippen LogP contribution in [0.3, 0.4) is 0 Å². The summed E-state index contributed by atoms with van der Waals surface area (Å²) < 4.78 is 6.59. The molecule has 6 rings (SSSR count). The summed E-state index contributed by atoms with van der Waals surface area (Å²) in [6.07, 6.45) is 6.31. The van der Waals surface area contributed by atoms with E-state index in [1.54, 1.807) is 24.4 Å². The second kappa shape index (κ2) is 9.31. The third-order valence-corrected chi connectivity index (χ3v) is 8.25. The van der Waals surface area contributed by atoms with Crippen molar-refractivity contribution >= 4 is 11.9 Å². The lowest BCUT2D eigenvalue weighted by molar-refractivity contribution is 0.0534. The van der Waals surface area contributed by atoms with Crippen molar-refractivity contribution in [1.29, 1.82) is 0 Å². The Morgan fingerprint density at radius 2 is 2.16 bits per heavy atom. The lowest BCUT2D eigenvalue weighted by Crippen LogP contribution is -2.59. The van der Waals surface area contributed by atoms with Gasteiger partial charge in [0.1, 0.15) is 12.9 Å². The molecular weight excluding hydrogens is 474 g/mol. The molecule has 1 aliphatic carbocycles. The molecule has 0 bridgehead atoms. The maximum Gasteiger partial charge on any atom is 0.338 e. The highest BCUT2D eigenvalue weighted by Gasteiger charge is 2.47. The number of nitrogens with one attached hydrogen (secondary N) is 1. The number of benzene rings is 1. The van der Waals surface area contributed by atoms with Gasteiger partial charge in [-0.15, -0.1) is 5.10 Å². The Kier molecular flexibility index (Phi) is 5.96. The minimum absolute atomic E-state index is 0.125. The number of aromatic nitrogens is 5.